The molecule has 4 nitrogen and oxygen atoms in total. The summed E-state index contributed by atoms with van der Waals surface area (Å²) < 4.78 is 0. The Balaban J connectivity index is 1.78. The van der Waals surface area contributed by atoms with Gasteiger partial charge in [0.1, 0.15) is 5.82 Å². The number of rotatable bonds is 2. The number of pyridine rings is 1. The quantitative estimate of drug-likeness (QED) is 0.855. The van der Waals surface area contributed by atoms with Crippen LogP contribution in [0.5, 0.6) is 0 Å². The van der Waals surface area contributed by atoms with E-state index in [1.165, 1.54) is 10.9 Å². The van der Waals surface area contributed by atoms with Crippen molar-refractivity contribution in [3.05, 3.63) is 35.9 Å². The van der Waals surface area contributed by atoms with Gasteiger partial charge < -0.3 is 9.80 Å². The van der Waals surface area contributed by atoms with Gasteiger partial charge in [0, 0.05) is 37.5 Å². The second kappa shape index (κ2) is 5.95. The molecule has 0 bridgehead atoms. The standard InChI is InChI=1S/C18H23N3O/c1-13(2)18(22)21-10-8-20(9-11-21)17-12-14(3)15-6-4-5-7-16(15)19-17/h4-7,12-13H,8-11H2,1-3H3. The number of aryl methyl sites for hydroxylation is 1. The average Bonchev–Trinajstić information content (AvgIpc) is 2.54. The van der Waals surface area contributed by atoms with Crippen molar-refractivity contribution in [1.82, 2.24) is 9.88 Å². The van der Waals surface area contributed by atoms with Gasteiger partial charge in [0.15, 0.2) is 0 Å². The Morgan fingerprint density at radius 3 is 2.50 bits per heavy atom. The summed E-state index contributed by atoms with van der Waals surface area (Å²) in [4.78, 5) is 21.1. The normalized spacial score (nSPS) is 15.6. The molecule has 0 spiro atoms. The smallest absolute Gasteiger partial charge is 0.225 e. The molecule has 0 aliphatic carbocycles. The zero-order valence-electron chi connectivity index (χ0n) is 13.5. The van der Waals surface area contributed by atoms with Crippen LogP contribution in [-0.2, 0) is 4.79 Å². The zero-order valence-corrected chi connectivity index (χ0v) is 13.5. The fourth-order valence-electron chi connectivity index (χ4n) is 3.01. The topological polar surface area (TPSA) is 36.4 Å². The predicted molar refractivity (Wildman–Crippen MR) is 90.1 cm³/mol. The van der Waals surface area contributed by atoms with Crippen LogP contribution in [-0.4, -0.2) is 42.0 Å². The average molecular weight is 297 g/mol. The van der Waals surface area contributed by atoms with Gasteiger partial charge in [0.05, 0.1) is 5.52 Å². The van der Waals surface area contributed by atoms with Crippen LogP contribution >= 0.6 is 0 Å². The van der Waals surface area contributed by atoms with E-state index in [9.17, 15) is 4.79 Å². The first-order valence-electron chi connectivity index (χ1n) is 7.96. The van der Waals surface area contributed by atoms with Crippen LogP contribution in [0.2, 0.25) is 0 Å². The minimum absolute atomic E-state index is 0.0765. The van der Waals surface area contributed by atoms with E-state index in [0.717, 1.165) is 37.5 Å². The Hall–Kier alpha value is -2.10. The lowest BCUT2D eigenvalue weighted by molar-refractivity contribution is -0.134. The number of carbonyl (C=O) groups is 1. The van der Waals surface area contributed by atoms with Crippen molar-refractivity contribution in [2.45, 2.75) is 20.8 Å². The maximum absolute atomic E-state index is 12.1. The number of anilines is 1. The van der Waals surface area contributed by atoms with Crippen molar-refractivity contribution in [1.29, 1.82) is 0 Å². The molecule has 0 saturated carbocycles. The second-order valence-corrected chi connectivity index (χ2v) is 6.28. The molecule has 1 aromatic carbocycles. The van der Waals surface area contributed by atoms with E-state index < -0.39 is 0 Å². The van der Waals surface area contributed by atoms with E-state index in [0.29, 0.717) is 0 Å². The molecule has 1 aromatic heterocycles. The van der Waals surface area contributed by atoms with Crippen LogP contribution in [0.4, 0.5) is 5.82 Å². The molecular formula is C18H23N3O. The highest BCUT2D eigenvalue weighted by molar-refractivity contribution is 5.84. The summed E-state index contributed by atoms with van der Waals surface area (Å²) in [5, 5.41) is 1.21. The van der Waals surface area contributed by atoms with Crippen LogP contribution in [0.15, 0.2) is 30.3 Å². The van der Waals surface area contributed by atoms with Gasteiger partial charge in [0.2, 0.25) is 5.91 Å². The zero-order chi connectivity index (χ0) is 15.7. The van der Waals surface area contributed by atoms with Crippen LogP contribution in [0.3, 0.4) is 0 Å². The van der Waals surface area contributed by atoms with Gasteiger partial charge in [-0.25, -0.2) is 4.98 Å². The summed E-state index contributed by atoms with van der Waals surface area (Å²) in [6.45, 7) is 9.32. The molecule has 1 fully saturated rings. The van der Waals surface area contributed by atoms with Gasteiger partial charge >= 0.3 is 0 Å². The molecule has 2 aromatic rings. The van der Waals surface area contributed by atoms with E-state index >= 15 is 0 Å². The molecule has 0 radical (unpaired) electrons. The lowest BCUT2D eigenvalue weighted by Crippen LogP contribution is -2.50. The minimum Gasteiger partial charge on any atom is -0.353 e. The van der Waals surface area contributed by atoms with Gasteiger partial charge in [-0.2, -0.15) is 0 Å². The largest absolute Gasteiger partial charge is 0.353 e. The van der Waals surface area contributed by atoms with Gasteiger partial charge in [-0.15, -0.1) is 0 Å². The first kappa shape index (κ1) is 14.8. The summed E-state index contributed by atoms with van der Waals surface area (Å²) in [5.74, 6) is 1.35. The Morgan fingerprint density at radius 1 is 1.14 bits per heavy atom. The van der Waals surface area contributed by atoms with E-state index in [2.05, 4.69) is 30.0 Å². The van der Waals surface area contributed by atoms with E-state index in [-0.39, 0.29) is 11.8 Å². The van der Waals surface area contributed by atoms with E-state index in [1.54, 1.807) is 0 Å². The Morgan fingerprint density at radius 2 is 1.82 bits per heavy atom. The highest BCUT2D eigenvalue weighted by atomic mass is 16.2. The number of fused-ring (bicyclic) bond motifs is 1. The summed E-state index contributed by atoms with van der Waals surface area (Å²) in [6, 6.07) is 10.4. The number of hydrogen-bond donors (Lipinski definition) is 0. The number of piperazine rings is 1. The van der Waals surface area contributed by atoms with Crippen molar-refractivity contribution in [3.63, 3.8) is 0 Å². The molecule has 4 heteroatoms. The van der Waals surface area contributed by atoms with Crippen LogP contribution in [0.25, 0.3) is 10.9 Å². The lowest BCUT2D eigenvalue weighted by Gasteiger charge is -2.36. The third-order valence-electron chi connectivity index (χ3n) is 4.32. The molecule has 0 unspecified atom stereocenters. The number of amides is 1. The SMILES string of the molecule is Cc1cc(N2CCN(C(=O)C(C)C)CC2)nc2ccccc12. The highest BCUT2D eigenvalue weighted by Gasteiger charge is 2.23. The molecule has 22 heavy (non-hydrogen) atoms. The number of carbonyl (C=O) groups excluding carboxylic acids is 1. The first-order chi connectivity index (χ1) is 10.6. The van der Waals surface area contributed by atoms with Crippen molar-refractivity contribution in [2.75, 3.05) is 31.1 Å². The lowest BCUT2D eigenvalue weighted by atomic mass is 10.1. The predicted octanol–water partition coefficient (Wildman–Crippen LogP) is 2.85. The second-order valence-electron chi connectivity index (χ2n) is 6.28. The molecule has 2 heterocycles. The van der Waals surface area contributed by atoms with Crippen molar-refractivity contribution >= 4 is 22.6 Å². The summed E-state index contributed by atoms with van der Waals surface area (Å²) in [7, 11) is 0. The number of hydrogen-bond acceptors (Lipinski definition) is 3. The molecule has 116 valence electrons. The molecule has 3 rings (SSSR count). The van der Waals surface area contributed by atoms with Crippen LogP contribution < -0.4 is 4.90 Å². The molecule has 1 saturated heterocycles. The molecule has 1 aliphatic heterocycles. The summed E-state index contributed by atoms with van der Waals surface area (Å²) in [5.41, 5.74) is 2.29. The third kappa shape index (κ3) is 2.78. The summed E-state index contributed by atoms with van der Waals surface area (Å²) in [6.07, 6.45) is 0. The van der Waals surface area contributed by atoms with Crippen molar-refractivity contribution in [2.24, 2.45) is 5.92 Å². The van der Waals surface area contributed by atoms with Gasteiger partial charge in [0.25, 0.3) is 0 Å². The molecule has 0 atom stereocenters. The molecule has 1 amide bonds. The third-order valence-corrected chi connectivity index (χ3v) is 4.32. The Bertz CT molecular complexity index is 688. The Kier molecular flexibility index (Phi) is 4.01. The molecule has 1 aliphatic rings. The Labute approximate surface area is 131 Å². The van der Waals surface area contributed by atoms with Crippen molar-refractivity contribution < 1.29 is 4.79 Å². The molecular weight excluding hydrogens is 274 g/mol. The number of nitrogens with zero attached hydrogens (tertiary/aromatic N) is 3. The van der Waals surface area contributed by atoms with Crippen LogP contribution in [0, 0.1) is 12.8 Å². The fraction of sp³-hybridized carbons (Fsp3) is 0.444. The number of aromatic nitrogens is 1. The maximum atomic E-state index is 12.1. The highest BCUT2D eigenvalue weighted by Crippen LogP contribution is 2.23. The van der Waals surface area contributed by atoms with Crippen molar-refractivity contribution in [3.8, 4) is 0 Å². The van der Waals surface area contributed by atoms with E-state index in [1.807, 2.05) is 30.9 Å². The van der Waals surface area contributed by atoms with Gasteiger partial charge in [-0.3, -0.25) is 4.79 Å². The minimum atomic E-state index is 0.0765. The number of para-hydroxylation sites is 1. The maximum Gasteiger partial charge on any atom is 0.225 e. The van der Waals surface area contributed by atoms with Gasteiger partial charge in [-0.1, -0.05) is 32.0 Å². The van der Waals surface area contributed by atoms with E-state index in [4.69, 9.17) is 4.98 Å². The molecule has 0 N–H and O–H groups in total. The van der Waals surface area contributed by atoms with Gasteiger partial charge in [-0.05, 0) is 24.6 Å². The first-order valence-corrected chi connectivity index (χ1v) is 7.96. The number of benzene rings is 1. The summed E-state index contributed by atoms with van der Waals surface area (Å²) >= 11 is 0. The monoisotopic (exact) mass is 297 g/mol. The van der Waals surface area contributed by atoms with Crippen LogP contribution in [0.1, 0.15) is 19.4 Å². The fourth-order valence-corrected chi connectivity index (χ4v) is 3.01.